The minimum Gasteiger partial charge on any atom is -0.351 e. The molecule has 1 atom stereocenters. The number of piperidine rings is 1. The Bertz CT molecular complexity index is 698. The van der Waals surface area contributed by atoms with E-state index in [0.717, 1.165) is 32.5 Å². The molecule has 2 aromatic heterocycles. The minimum absolute atomic E-state index is 0.0219. The molecule has 0 bridgehead atoms. The third-order valence-corrected chi connectivity index (χ3v) is 4.79. The van der Waals surface area contributed by atoms with Gasteiger partial charge in [-0.2, -0.15) is 0 Å². The molecule has 1 fully saturated rings. The second-order valence-corrected chi connectivity index (χ2v) is 6.78. The summed E-state index contributed by atoms with van der Waals surface area (Å²) in [5.74, 6) is -0.136. The van der Waals surface area contributed by atoms with Crippen molar-refractivity contribution in [1.82, 2.24) is 19.8 Å². The SMILES string of the molecule is O=C(Cn1cccnc1=O)N[C@@H]1CCCN(Cc2cccs2)C1. The van der Waals surface area contributed by atoms with Crippen molar-refractivity contribution in [3.8, 4) is 0 Å². The Morgan fingerprint density at radius 2 is 2.35 bits per heavy atom. The van der Waals surface area contributed by atoms with Crippen LogP contribution in [0.25, 0.3) is 0 Å². The molecule has 0 spiro atoms. The fourth-order valence-corrected chi connectivity index (χ4v) is 3.62. The van der Waals surface area contributed by atoms with Crippen LogP contribution in [0.5, 0.6) is 0 Å². The first-order valence-electron chi connectivity index (χ1n) is 7.76. The summed E-state index contributed by atoms with van der Waals surface area (Å²) >= 11 is 1.76. The van der Waals surface area contributed by atoms with E-state index >= 15 is 0 Å². The first-order chi connectivity index (χ1) is 11.2. The van der Waals surface area contributed by atoms with Crippen LogP contribution in [0.15, 0.2) is 40.8 Å². The van der Waals surface area contributed by atoms with Crippen LogP contribution < -0.4 is 11.0 Å². The fraction of sp³-hybridized carbons (Fsp3) is 0.438. The molecule has 1 aliphatic heterocycles. The van der Waals surface area contributed by atoms with Crippen molar-refractivity contribution in [2.24, 2.45) is 0 Å². The molecule has 0 aliphatic carbocycles. The first-order valence-corrected chi connectivity index (χ1v) is 8.64. The van der Waals surface area contributed by atoms with Gasteiger partial charge in [0.2, 0.25) is 5.91 Å². The van der Waals surface area contributed by atoms with Crippen molar-refractivity contribution >= 4 is 17.2 Å². The maximum absolute atomic E-state index is 12.1. The summed E-state index contributed by atoms with van der Waals surface area (Å²) in [5.41, 5.74) is -0.398. The van der Waals surface area contributed by atoms with Crippen LogP contribution in [0.3, 0.4) is 0 Å². The molecule has 1 saturated heterocycles. The number of rotatable bonds is 5. The number of likely N-dealkylation sites (tertiary alicyclic amines) is 1. The van der Waals surface area contributed by atoms with Gasteiger partial charge in [-0.05, 0) is 36.9 Å². The Balaban J connectivity index is 1.52. The van der Waals surface area contributed by atoms with Gasteiger partial charge in [0.05, 0.1) is 0 Å². The second kappa shape index (κ2) is 7.52. The molecular weight excluding hydrogens is 312 g/mol. The van der Waals surface area contributed by atoms with Gasteiger partial charge in [0.15, 0.2) is 0 Å². The van der Waals surface area contributed by atoms with Crippen LogP contribution in [0.1, 0.15) is 17.7 Å². The zero-order chi connectivity index (χ0) is 16.1. The quantitative estimate of drug-likeness (QED) is 0.890. The smallest absolute Gasteiger partial charge is 0.347 e. The maximum Gasteiger partial charge on any atom is 0.347 e. The molecule has 1 N–H and O–H groups in total. The molecular formula is C16H20N4O2S. The Morgan fingerprint density at radius 1 is 1.43 bits per heavy atom. The number of carbonyl (C=O) groups excluding carboxylic acids is 1. The van der Waals surface area contributed by atoms with E-state index in [9.17, 15) is 9.59 Å². The molecule has 1 aliphatic rings. The lowest BCUT2D eigenvalue weighted by atomic mass is 10.1. The number of thiophene rings is 1. The summed E-state index contributed by atoms with van der Waals surface area (Å²) < 4.78 is 1.32. The van der Waals surface area contributed by atoms with E-state index < -0.39 is 5.69 Å². The molecule has 122 valence electrons. The maximum atomic E-state index is 12.1. The highest BCUT2D eigenvalue weighted by atomic mass is 32.1. The molecule has 7 heteroatoms. The lowest BCUT2D eigenvalue weighted by Gasteiger charge is -2.32. The third kappa shape index (κ3) is 4.49. The van der Waals surface area contributed by atoms with Crippen molar-refractivity contribution in [3.05, 3.63) is 51.3 Å². The summed E-state index contributed by atoms with van der Waals surface area (Å²) in [6.07, 6.45) is 5.07. The Morgan fingerprint density at radius 3 is 3.13 bits per heavy atom. The number of amides is 1. The van der Waals surface area contributed by atoms with Crippen molar-refractivity contribution in [1.29, 1.82) is 0 Å². The van der Waals surface area contributed by atoms with Gasteiger partial charge >= 0.3 is 5.69 Å². The predicted octanol–water partition coefficient (Wildman–Crippen LogP) is 1.09. The highest BCUT2D eigenvalue weighted by Crippen LogP contribution is 2.16. The summed E-state index contributed by atoms with van der Waals surface area (Å²) in [7, 11) is 0. The third-order valence-electron chi connectivity index (χ3n) is 3.93. The van der Waals surface area contributed by atoms with Crippen LogP contribution in [0, 0.1) is 0 Å². The molecule has 0 saturated carbocycles. The van der Waals surface area contributed by atoms with E-state index in [2.05, 4.69) is 32.7 Å². The lowest BCUT2D eigenvalue weighted by molar-refractivity contribution is -0.122. The minimum atomic E-state index is -0.398. The molecule has 23 heavy (non-hydrogen) atoms. The standard InChI is InChI=1S/C16H20N4O2S/c21-15(12-20-8-3-6-17-16(20)22)18-13-4-1-7-19(10-13)11-14-5-2-9-23-14/h2-3,5-6,8-9,13H,1,4,7,10-12H2,(H,18,21)/t13-/m1/s1. The lowest BCUT2D eigenvalue weighted by Crippen LogP contribution is -2.48. The monoisotopic (exact) mass is 332 g/mol. The van der Waals surface area contributed by atoms with Crippen LogP contribution >= 0.6 is 11.3 Å². The summed E-state index contributed by atoms with van der Waals surface area (Å²) in [6.45, 7) is 2.87. The molecule has 3 heterocycles. The zero-order valence-electron chi connectivity index (χ0n) is 12.9. The highest BCUT2D eigenvalue weighted by molar-refractivity contribution is 7.09. The molecule has 0 aromatic carbocycles. The average molecular weight is 332 g/mol. The first kappa shape index (κ1) is 15.9. The number of hydrogen-bond donors (Lipinski definition) is 1. The van der Waals surface area contributed by atoms with Crippen molar-refractivity contribution < 1.29 is 4.79 Å². The normalized spacial score (nSPS) is 18.7. The Labute approximate surface area is 138 Å². The van der Waals surface area contributed by atoms with Gasteiger partial charge in [0, 0.05) is 36.4 Å². The molecule has 2 aromatic rings. The molecule has 0 radical (unpaired) electrons. The van der Waals surface area contributed by atoms with Gasteiger partial charge in [0.1, 0.15) is 6.54 Å². The van der Waals surface area contributed by atoms with Crippen LogP contribution in [-0.2, 0) is 17.9 Å². The van der Waals surface area contributed by atoms with Gasteiger partial charge in [-0.15, -0.1) is 11.3 Å². The second-order valence-electron chi connectivity index (χ2n) is 5.75. The van der Waals surface area contributed by atoms with Crippen molar-refractivity contribution in [3.63, 3.8) is 0 Å². The molecule has 3 rings (SSSR count). The van der Waals surface area contributed by atoms with Crippen LogP contribution in [0.4, 0.5) is 0 Å². The topological polar surface area (TPSA) is 67.2 Å². The number of hydrogen-bond acceptors (Lipinski definition) is 5. The predicted molar refractivity (Wildman–Crippen MR) is 89.3 cm³/mol. The van der Waals surface area contributed by atoms with Crippen molar-refractivity contribution in [2.75, 3.05) is 13.1 Å². The van der Waals surface area contributed by atoms with Gasteiger partial charge in [-0.25, -0.2) is 9.78 Å². The van der Waals surface area contributed by atoms with Crippen LogP contribution in [0.2, 0.25) is 0 Å². The number of carbonyl (C=O) groups is 1. The van der Waals surface area contributed by atoms with E-state index in [1.54, 1.807) is 23.6 Å². The summed E-state index contributed by atoms with van der Waals surface area (Å²) in [6, 6.07) is 6.00. The average Bonchev–Trinajstić information content (AvgIpc) is 3.03. The fourth-order valence-electron chi connectivity index (χ4n) is 2.88. The van der Waals surface area contributed by atoms with E-state index in [1.165, 1.54) is 15.6 Å². The van der Waals surface area contributed by atoms with E-state index in [4.69, 9.17) is 0 Å². The van der Waals surface area contributed by atoms with Crippen molar-refractivity contribution in [2.45, 2.75) is 32.0 Å². The Kier molecular flexibility index (Phi) is 5.19. The van der Waals surface area contributed by atoms with Gasteiger partial charge in [0.25, 0.3) is 0 Å². The van der Waals surface area contributed by atoms with E-state index in [0.29, 0.717) is 0 Å². The molecule has 1 amide bonds. The number of nitrogens with one attached hydrogen (secondary N) is 1. The van der Waals surface area contributed by atoms with Gasteiger partial charge in [-0.3, -0.25) is 14.3 Å². The van der Waals surface area contributed by atoms with E-state index in [1.807, 2.05) is 0 Å². The number of nitrogens with zero attached hydrogens (tertiary/aromatic N) is 3. The van der Waals surface area contributed by atoms with Gasteiger partial charge < -0.3 is 5.32 Å². The number of aromatic nitrogens is 2. The van der Waals surface area contributed by atoms with E-state index in [-0.39, 0.29) is 18.5 Å². The Hall–Kier alpha value is -1.99. The zero-order valence-corrected chi connectivity index (χ0v) is 13.7. The highest BCUT2D eigenvalue weighted by Gasteiger charge is 2.21. The molecule has 0 unspecified atom stereocenters. The van der Waals surface area contributed by atoms with Gasteiger partial charge in [-0.1, -0.05) is 6.07 Å². The largest absolute Gasteiger partial charge is 0.351 e. The summed E-state index contributed by atoms with van der Waals surface area (Å²) in [5, 5.41) is 5.13. The van der Waals surface area contributed by atoms with Crippen LogP contribution in [-0.4, -0.2) is 39.5 Å². The molecule has 6 nitrogen and oxygen atoms in total. The summed E-state index contributed by atoms with van der Waals surface area (Å²) in [4.78, 5) is 31.1.